The molecule has 0 heterocycles. The molecule has 5 heteroatoms. The van der Waals surface area contributed by atoms with E-state index in [1.54, 1.807) is 0 Å². The molecule has 3 nitrogen and oxygen atoms in total. The first-order valence-corrected chi connectivity index (χ1v) is 6.53. The molecule has 19 heavy (non-hydrogen) atoms. The second kappa shape index (κ2) is 6.10. The van der Waals surface area contributed by atoms with E-state index in [1.165, 1.54) is 6.07 Å². The maximum Gasteiger partial charge on any atom is 0.224 e. The van der Waals surface area contributed by atoms with Crippen molar-refractivity contribution in [2.24, 2.45) is 5.73 Å². The molecule has 1 amide bonds. The lowest BCUT2D eigenvalue weighted by Gasteiger charge is -2.26. The Kier molecular flexibility index (Phi) is 4.47. The van der Waals surface area contributed by atoms with Gasteiger partial charge in [0.25, 0.3) is 0 Å². The Morgan fingerprint density at radius 2 is 1.95 bits per heavy atom. The van der Waals surface area contributed by atoms with E-state index in [1.807, 2.05) is 0 Å². The molecule has 1 fully saturated rings. The van der Waals surface area contributed by atoms with Crippen molar-refractivity contribution in [3.8, 4) is 0 Å². The summed E-state index contributed by atoms with van der Waals surface area (Å²) in [6.07, 6.45) is 3.46. The van der Waals surface area contributed by atoms with Crippen molar-refractivity contribution in [3.05, 3.63) is 35.4 Å². The summed E-state index contributed by atoms with van der Waals surface area (Å²) in [5, 5.41) is 2.87. The van der Waals surface area contributed by atoms with Crippen molar-refractivity contribution in [1.82, 2.24) is 5.32 Å². The van der Waals surface area contributed by atoms with Gasteiger partial charge in [0.1, 0.15) is 11.6 Å². The zero-order valence-electron chi connectivity index (χ0n) is 10.7. The SMILES string of the molecule is NC1CCC(NC(=O)Cc2ccc(F)cc2F)CC1. The number of hydrogen-bond donors (Lipinski definition) is 2. The van der Waals surface area contributed by atoms with Gasteiger partial charge in [-0.15, -0.1) is 0 Å². The van der Waals surface area contributed by atoms with Crippen LogP contribution in [0.25, 0.3) is 0 Å². The Morgan fingerprint density at radius 1 is 1.26 bits per heavy atom. The van der Waals surface area contributed by atoms with Gasteiger partial charge in [0.2, 0.25) is 5.91 Å². The number of halogens is 2. The third-order valence-corrected chi connectivity index (χ3v) is 3.50. The fourth-order valence-electron chi connectivity index (χ4n) is 2.38. The summed E-state index contributed by atoms with van der Waals surface area (Å²) in [5.41, 5.74) is 6.00. The van der Waals surface area contributed by atoms with Crippen LogP contribution in [0.1, 0.15) is 31.2 Å². The van der Waals surface area contributed by atoms with Crippen molar-refractivity contribution >= 4 is 5.91 Å². The van der Waals surface area contributed by atoms with Gasteiger partial charge in [0.05, 0.1) is 6.42 Å². The van der Waals surface area contributed by atoms with Crippen LogP contribution in [0.3, 0.4) is 0 Å². The van der Waals surface area contributed by atoms with Crippen LogP contribution in [0.4, 0.5) is 8.78 Å². The predicted octanol–water partition coefficient (Wildman–Crippen LogP) is 1.89. The molecule has 0 bridgehead atoms. The van der Waals surface area contributed by atoms with E-state index in [-0.39, 0.29) is 30.0 Å². The molecule has 1 aliphatic carbocycles. The molecule has 0 atom stereocenters. The number of carbonyl (C=O) groups is 1. The van der Waals surface area contributed by atoms with Gasteiger partial charge in [-0.05, 0) is 37.3 Å². The maximum atomic E-state index is 13.4. The highest BCUT2D eigenvalue weighted by Crippen LogP contribution is 2.17. The summed E-state index contributed by atoms with van der Waals surface area (Å²) in [6.45, 7) is 0. The zero-order valence-corrected chi connectivity index (χ0v) is 10.7. The number of benzene rings is 1. The highest BCUT2D eigenvalue weighted by Gasteiger charge is 2.20. The second-order valence-corrected chi connectivity index (χ2v) is 5.09. The Bertz CT molecular complexity index is 457. The van der Waals surface area contributed by atoms with Gasteiger partial charge in [-0.3, -0.25) is 4.79 Å². The number of amides is 1. The Morgan fingerprint density at radius 3 is 2.58 bits per heavy atom. The lowest BCUT2D eigenvalue weighted by Crippen LogP contribution is -2.41. The fourth-order valence-corrected chi connectivity index (χ4v) is 2.38. The molecule has 1 saturated carbocycles. The molecule has 1 aromatic carbocycles. The molecule has 3 N–H and O–H groups in total. The number of rotatable bonds is 3. The average Bonchev–Trinajstić information content (AvgIpc) is 2.36. The summed E-state index contributed by atoms with van der Waals surface area (Å²) in [4.78, 5) is 11.8. The molecular weight excluding hydrogens is 250 g/mol. The maximum absolute atomic E-state index is 13.4. The van der Waals surface area contributed by atoms with Gasteiger partial charge in [-0.1, -0.05) is 6.07 Å². The van der Waals surface area contributed by atoms with Gasteiger partial charge in [-0.25, -0.2) is 8.78 Å². The van der Waals surface area contributed by atoms with Crippen LogP contribution in [0.2, 0.25) is 0 Å². The smallest absolute Gasteiger partial charge is 0.224 e. The minimum absolute atomic E-state index is 0.0608. The molecule has 2 rings (SSSR count). The van der Waals surface area contributed by atoms with Crippen LogP contribution in [0.5, 0.6) is 0 Å². The minimum Gasteiger partial charge on any atom is -0.353 e. The zero-order chi connectivity index (χ0) is 13.8. The van der Waals surface area contributed by atoms with Crippen LogP contribution >= 0.6 is 0 Å². The summed E-state index contributed by atoms with van der Waals surface area (Å²) < 4.78 is 26.1. The van der Waals surface area contributed by atoms with Crippen molar-refractivity contribution in [2.45, 2.75) is 44.2 Å². The first-order valence-electron chi connectivity index (χ1n) is 6.53. The van der Waals surface area contributed by atoms with E-state index in [2.05, 4.69) is 5.32 Å². The molecule has 0 aromatic heterocycles. The highest BCUT2D eigenvalue weighted by atomic mass is 19.1. The molecule has 0 saturated heterocycles. The average molecular weight is 268 g/mol. The molecule has 104 valence electrons. The molecule has 0 unspecified atom stereocenters. The Labute approximate surface area is 111 Å². The topological polar surface area (TPSA) is 55.1 Å². The summed E-state index contributed by atoms with van der Waals surface area (Å²) in [7, 11) is 0. The van der Waals surface area contributed by atoms with E-state index in [9.17, 15) is 13.6 Å². The Balaban J connectivity index is 1.87. The standard InChI is InChI=1S/C14H18F2N2O/c15-10-2-1-9(13(16)8-10)7-14(19)18-12-5-3-11(17)4-6-12/h1-2,8,11-12H,3-7,17H2,(H,18,19). The van der Waals surface area contributed by atoms with Crippen molar-refractivity contribution in [1.29, 1.82) is 0 Å². The first kappa shape index (κ1) is 13.9. The van der Waals surface area contributed by atoms with Crippen LogP contribution in [-0.2, 0) is 11.2 Å². The highest BCUT2D eigenvalue weighted by molar-refractivity contribution is 5.78. The van der Waals surface area contributed by atoms with Crippen LogP contribution in [-0.4, -0.2) is 18.0 Å². The van der Waals surface area contributed by atoms with E-state index in [0.717, 1.165) is 37.8 Å². The van der Waals surface area contributed by atoms with Gasteiger partial charge in [-0.2, -0.15) is 0 Å². The first-order chi connectivity index (χ1) is 9.04. The predicted molar refractivity (Wildman–Crippen MR) is 68.4 cm³/mol. The lowest BCUT2D eigenvalue weighted by molar-refractivity contribution is -0.121. The molecule has 1 aromatic rings. The fraction of sp³-hybridized carbons (Fsp3) is 0.500. The van der Waals surface area contributed by atoms with Gasteiger partial charge in [0, 0.05) is 18.2 Å². The largest absolute Gasteiger partial charge is 0.353 e. The van der Waals surface area contributed by atoms with Gasteiger partial charge in [0.15, 0.2) is 0 Å². The van der Waals surface area contributed by atoms with Crippen LogP contribution < -0.4 is 11.1 Å². The number of hydrogen-bond acceptors (Lipinski definition) is 2. The summed E-state index contributed by atoms with van der Waals surface area (Å²) >= 11 is 0. The minimum atomic E-state index is -0.680. The second-order valence-electron chi connectivity index (χ2n) is 5.09. The lowest BCUT2D eigenvalue weighted by atomic mass is 9.91. The molecule has 0 radical (unpaired) electrons. The number of nitrogens with one attached hydrogen (secondary N) is 1. The van der Waals surface area contributed by atoms with E-state index < -0.39 is 11.6 Å². The molecular formula is C14H18F2N2O. The third kappa shape index (κ3) is 3.99. The van der Waals surface area contributed by atoms with Crippen molar-refractivity contribution in [3.63, 3.8) is 0 Å². The van der Waals surface area contributed by atoms with Crippen LogP contribution in [0, 0.1) is 11.6 Å². The summed E-state index contributed by atoms with van der Waals surface area (Å²) in [5.74, 6) is -1.55. The number of nitrogens with two attached hydrogens (primary N) is 1. The molecule has 0 aliphatic heterocycles. The monoisotopic (exact) mass is 268 g/mol. The third-order valence-electron chi connectivity index (χ3n) is 3.50. The van der Waals surface area contributed by atoms with Crippen molar-refractivity contribution in [2.75, 3.05) is 0 Å². The normalized spacial score (nSPS) is 23.1. The molecule has 1 aliphatic rings. The van der Waals surface area contributed by atoms with Gasteiger partial charge < -0.3 is 11.1 Å². The number of carbonyl (C=O) groups excluding carboxylic acids is 1. The van der Waals surface area contributed by atoms with E-state index in [4.69, 9.17) is 5.73 Å². The summed E-state index contributed by atoms with van der Waals surface area (Å²) in [6, 6.07) is 3.60. The van der Waals surface area contributed by atoms with E-state index >= 15 is 0 Å². The Hall–Kier alpha value is -1.49. The van der Waals surface area contributed by atoms with Crippen molar-refractivity contribution < 1.29 is 13.6 Å². The van der Waals surface area contributed by atoms with Crippen LogP contribution in [0.15, 0.2) is 18.2 Å². The molecule has 0 spiro atoms. The van der Waals surface area contributed by atoms with Gasteiger partial charge >= 0.3 is 0 Å². The quantitative estimate of drug-likeness (QED) is 0.879. The van der Waals surface area contributed by atoms with E-state index in [0.29, 0.717) is 0 Å².